The first-order valence-electron chi connectivity index (χ1n) is 6.43. The highest BCUT2D eigenvalue weighted by molar-refractivity contribution is 7.98. The summed E-state index contributed by atoms with van der Waals surface area (Å²) in [6, 6.07) is 13.5. The number of fused-ring (bicyclic) bond motifs is 2. The first-order valence-corrected chi connectivity index (χ1v) is 7.42. The smallest absolute Gasteiger partial charge is 0.198 e. The van der Waals surface area contributed by atoms with Crippen LogP contribution in [0.4, 0.5) is 0 Å². The molecule has 0 unspecified atom stereocenters. The highest BCUT2D eigenvalue weighted by Gasteiger charge is 2.24. The minimum atomic E-state index is 0.0419. The maximum atomic E-state index is 12.8. The van der Waals surface area contributed by atoms with Gasteiger partial charge < -0.3 is 4.74 Å². The molecule has 2 nitrogen and oxygen atoms in total. The minimum Gasteiger partial charge on any atom is -0.489 e. The van der Waals surface area contributed by atoms with Crippen LogP contribution in [0.5, 0.6) is 5.75 Å². The van der Waals surface area contributed by atoms with Crippen molar-refractivity contribution in [3.8, 4) is 5.75 Å². The zero-order valence-electron chi connectivity index (χ0n) is 11.0. The molecule has 0 fully saturated rings. The van der Waals surface area contributed by atoms with Gasteiger partial charge in [-0.15, -0.1) is 11.8 Å². The summed E-state index contributed by atoms with van der Waals surface area (Å²) in [6.45, 7) is 4.05. The van der Waals surface area contributed by atoms with Gasteiger partial charge in [-0.05, 0) is 23.8 Å². The van der Waals surface area contributed by atoms with E-state index in [4.69, 9.17) is 4.74 Å². The summed E-state index contributed by atoms with van der Waals surface area (Å²) in [5.41, 5.74) is 2.47. The topological polar surface area (TPSA) is 26.3 Å². The SMILES string of the molecule is C=CCOc1cccc2c1C(=O)c1ccccc1SC2. The fourth-order valence-corrected chi connectivity index (χ4v) is 3.34. The molecule has 3 heteroatoms. The van der Waals surface area contributed by atoms with E-state index in [9.17, 15) is 4.79 Å². The molecule has 1 aliphatic rings. The number of rotatable bonds is 3. The molecule has 2 aromatic carbocycles. The third-order valence-corrected chi connectivity index (χ3v) is 4.33. The Labute approximate surface area is 122 Å². The number of ketones is 1. The van der Waals surface area contributed by atoms with Crippen LogP contribution in [0.2, 0.25) is 0 Å². The van der Waals surface area contributed by atoms with Crippen LogP contribution in [0.1, 0.15) is 21.5 Å². The second kappa shape index (κ2) is 5.55. The second-order valence-electron chi connectivity index (χ2n) is 4.50. The Hall–Kier alpha value is -2.00. The van der Waals surface area contributed by atoms with Crippen molar-refractivity contribution in [3.63, 3.8) is 0 Å². The Bertz CT molecular complexity index is 676. The van der Waals surface area contributed by atoms with Crippen molar-refractivity contribution in [2.24, 2.45) is 0 Å². The molecule has 100 valence electrons. The summed E-state index contributed by atoms with van der Waals surface area (Å²) in [7, 11) is 0. The summed E-state index contributed by atoms with van der Waals surface area (Å²) >= 11 is 1.69. The van der Waals surface area contributed by atoms with E-state index in [1.807, 2.05) is 42.5 Å². The summed E-state index contributed by atoms with van der Waals surface area (Å²) in [4.78, 5) is 13.8. The molecule has 0 amide bonds. The third-order valence-electron chi connectivity index (χ3n) is 3.21. The van der Waals surface area contributed by atoms with Gasteiger partial charge in [0.2, 0.25) is 0 Å². The number of hydrogen-bond donors (Lipinski definition) is 0. The van der Waals surface area contributed by atoms with Crippen molar-refractivity contribution < 1.29 is 9.53 Å². The lowest BCUT2D eigenvalue weighted by Crippen LogP contribution is -2.07. The Morgan fingerprint density at radius 1 is 1.20 bits per heavy atom. The third kappa shape index (κ3) is 2.25. The van der Waals surface area contributed by atoms with E-state index in [0.29, 0.717) is 17.9 Å². The van der Waals surface area contributed by atoms with Crippen LogP contribution in [0, 0.1) is 0 Å². The molecule has 1 aliphatic heterocycles. The average molecular weight is 282 g/mol. The zero-order valence-corrected chi connectivity index (χ0v) is 11.8. The predicted molar refractivity (Wildman–Crippen MR) is 81.6 cm³/mol. The van der Waals surface area contributed by atoms with Gasteiger partial charge >= 0.3 is 0 Å². The van der Waals surface area contributed by atoms with Gasteiger partial charge in [-0.1, -0.05) is 36.9 Å². The molecule has 0 saturated heterocycles. The van der Waals surface area contributed by atoms with Gasteiger partial charge in [0.1, 0.15) is 12.4 Å². The molecular formula is C17H14O2S. The quantitative estimate of drug-likeness (QED) is 0.793. The normalized spacial score (nSPS) is 13.1. The van der Waals surface area contributed by atoms with Crippen molar-refractivity contribution in [3.05, 3.63) is 71.8 Å². The van der Waals surface area contributed by atoms with Crippen molar-refractivity contribution in [2.75, 3.05) is 6.61 Å². The molecule has 2 aromatic rings. The summed E-state index contributed by atoms with van der Waals surface area (Å²) < 4.78 is 5.65. The predicted octanol–water partition coefficient (Wildman–Crippen LogP) is 4.09. The van der Waals surface area contributed by atoms with E-state index in [-0.39, 0.29) is 5.78 Å². The standard InChI is InChI=1S/C17H14O2S/c1-2-10-19-14-8-5-6-12-11-20-15-9-4-3-7-13(15)17(18)16(12)14/h2-9H,1,10-11H2. The van der Waals surface area contributed by atoms with Crippen LogP contribution in [-0.2, 0) is 5.75 Å². The molecule has 0 spiro atoms. The lowest BCUT2D eigenvalue weighted by Gasteiger charge is -2.11. The molecule has 0 N–H and O–H groups in total. The maximum Gasteiger partial charge on any atom is 0.198 e. The summed E-state index contributed by atoms with van der Waals surface area (Å²) in [5, 5.41) is 0. The largest absolute Gasteiger partial charge is 0.489 e. The Morgan fingerprint density at radius 2 is 2.05 bits per heavy atom. The number of ether oxygens (including phenoxy) is 1. The molecule has 0 radical (unpaired) electrons. The van der Waals surface area contributed by atoms with Crippen molar-refractivity contribution in [1.82, 2.24) is 0 Å². The van der Waals surface area contributed by atoms with E-state index in [1.54, 1.807) is 17.8 Å². The fraction of sp³-hybridized carbons (Fsp3) is 0.118. The monoisotopic (exact) mass is 282 g/mol. The number of carbonyl (C=O) groups is 1. The molecule has 3 rings (SSSR count). The Morgan fingerprint density at radius 3 is 2.90 bits per heavy atom. The average Bonchev–Trinajstić information content (AvgIpc) is 2.64. The maximum absolute atomic E-state index is 12.8. The molecule has 1 heterocycles. The number of hydrogen-bond acceptors (Lipinski definition) is 3. The molecule has 0 bridgehead atoms. The van der Waals surface area contributed by atoms with E-state index in [0.717, 1.165) is 21.8 Å². The van der Waals surface area contributed by atoms with Crippen LogP contribution in [0.25, 0.3) is 0 Å². The first kappa shape index (κ1) is 13.0. The summed E-state index contributed by atoms with van der Waals surface area (Å²) in [6.07, 6.45) is 1.68. The minimum absolute atomic E-state index is 0.0419. The van der Waals surface area contributed by atoms with Gasteiger partial charge in [0.15, 0.2) is 5.78 Å². The van der Waals surface area contributed by atoms with E-state index in [1.165, 1.54) is 0 Å². The number of carbonyl (C=O) groups excluding carboxylic acids is 1. The zero-order chi connectivity index (χ0) is 13.9. The first-order chi connectivity index (χ1) is 9.81. The highest BCUT2D eigenvalue weighted by Crippen LogP contribution is 2.37. The van der Waals surface area contributed by atoms with Crippen LogP contribution < -0.4 is 4.74 Å². The van der Waals surface area contributed by atoms with Crippen molar-refractivity contribution in [2.45, 2.75) is 10.6 Å². The fourth-order valence-electron chi connectivity index (χ4n) is 2.29. The highest BCUT2D eigenvalue weighted by atomic mass is 32.2. The Balaban J connectivity index is 2.13. The van der Waals surface area contributed by atoms with E-state index < -0.39 is 0 Å². The number of thioether (sulfide) groups is 1. The van der Waals surface area contributed by atoms with Gasteiger partial charge in [-0.3, -0.25) is 4.79 Å². The lowest BCUT2D eigenvalue weighted by molar-refractivity contribution is 0.103. The molecular weight excluding hydrogens is 268 g/mol. The van der Waals surface area contributed by atoms with Crippen LogP contribution in [-0.4, -0.2) is 12.4 Å². The van der Waals surface area contributed by atoms with Gasteiger partial charge in [-0.2, -0.15) is 0 Å². The van der Waals surface area contributed by atoms with E-state index in [2.05, 4.69) is 6.58 Å². The molecule has 0 aromatic heterocycles. The van der Waals surface area contributed by atoms with Gasteiger partial charge in [0.25, 0.3) is 0 Å². The Kier molecular flexibility index (Phi) is 3.61. The van der Waals surface area contributed by atoms with Gasteiger partial charge in [0, 0.05) is 16.2 Å². The van der Waals surface area contributed by atoms with Crippen molar-refractivity contribution >= 4 is 17.5 Å². The van der Waals surface area contributed by atoms with Crippen LogP contribution in [0.3, 0.4) is 0 Å². The lowest BCUT2D eigenvalue weighted by atomic mass is 9.98. The number of benzene rings is 2. The molecule has 20 heavy (non-hydrogen) atoms. The molecule has 0 aliphatic carbocycles. The second-order valence-corrected chi connectivity index (χ2v) is 5.52. The van der Waals surface area contributed by atoms with Gasteiger partial charge in [-0.25, -0.2) is 0 Å². The van der Waals surface area contributed by atoms with Gasteiger partial charge in [0.05, 0.1) is 5.56 Å². The van der Waals surface area contributed by atoms with E-state index >= 15 is 0 Å². The molecule has 0 atom stereocenters. The summed E-state index contributed by atoms with van der Waals surface area (Å²) in [5.74, 6) is 1.47. The molecule has 0 saturated carbocycles. The van der Waals surface area contributed by atoms with Crippen LogP contribution in [0.15, 0.2) is 60.0 Å². The van der Waals surface area contributed by atoms with Crippen molar-refractivity contribution in [1.29, 1.82) is 0 Å². The van der Waals surface area contributed by atoms with Crippen LogP contribution >= 0.6 is 11.8 Å².